The molecule has 1 atom stereocenters. The first-order valence-electron chi connectivity index (χ1n) is 7.04. The number of benzene rings is 1. The van der Waals surface area contributed by atoms with Gasteiger partial charge < -0.3 is 14.7 Å². The molecule has 0 fully saturated rings. The highest BCUT2D eigenvalue weighted by Crippen LogP contribution is 2.19. The van der Waals surface area contributed by atoms with E-state index in [0.29, 0.717) is 6.42 Å². The summed E-state index contributed by atoms with van der Waals surface area (Å²) in [4.78, 5) is 15.4. The number of rotatable bonds is 4. The van der Waals surface area contributed by atoms with Crippen molar-refractivity contribution in [3.8, 4) is 0 Å². The number of nitrogens with one attached hydrogen (secondary N) is 2. The number of carbonyl (C=O) groups is 1. The zero-order valence-electron chi connectivity index (χ0n) is 12.1. The summed E-state index contributed by atoms with van der Waals surface area (Å²) in [6.07, 6.45) is 2.25. The number of amides is 1. The highest BCUT2D eigenvalue weighted by molar-refractivity contribution is 5.88. The molecule has 0 spiro atoms. The molecule has 0 radical (unpaired) electrons. The van der Waals surface area contributed by atoms with Crippen molar-refractivity contribution >= 4 is 16.8 Å². The smallest absolute Gasteiger partial charge is 0.225 e. The van der Waals surface area contributed by atoms with E-state index in [0.717, 1.165) is 28.0 Å². The maximum absolute atomic E-state index is 12.2. The average Bonchev–Trinajstić information content (AvgIpc) is 3.06. The minimum atomic E-state index is -0.128. The lowest BCUT2D eigenvalue weighted by Crippen LogP contribution is -2.27. The lowest BCUT2D eigenvalue weighted by molar-refractivity contribution is -0.121. The van der Waals surface area contributed by atoms with Crippen molar-refractivity contribution in [3.63, 3.8) is 0 Å². The predicted octanol–water partition coefficient (Wildman–Crippen LogP) is 3.49. The molecule has 3 rings (SSSR count). The van der Waals surface area contributed by atoms with E-state index >= 15 is 0 Å². The standard InChI is InChI=1S/C17H18N2O2/c1-11-7-8-16(21-11)12(2)19-17(20)9-13-10-18-15-6-4-3-5-14(13)15/h3-8,10,12,18H,9H2,1-2H3,(H,19,20)/t12-/m0/s1. The van der Waals surface area contributed by atoms with Crippen molar-refractivity contribution in [1.29, 1.82) is 0 Å². The third-order valence-electron chi connectivity index (χ3n) is 3.59. The van der Waals surface area contributed by atoms with Gasteiger partial charge in [0.15, 0.2) is 0 Å². The Hall–Kier alpha value is -2.49. The van der Waals surface area contributed by atoms with Crippen molar-refractivity contribution in [2.24, 2.45) is 0 Å². The number of H-pyrrole nitrogens is 1. The number of fused-ring (bicyclic) bond motifs is 1. The first-order valence-corrected chi connectivity index (χ1v) is 7.04. The van der Waals surface area contributed by atoms with Crippen LogP contribution in [0, 0.1) is 6.92 Å². The van der Waals surface area contributed by atoms with Crippen LogP contribution in [-0.4, -0.2) is 10.9 Å². The summed E-state index contributed by atoms with van der Waals surface area (Å²) in [5.41, 5.74) is 2.06. The summed E-state index contributed by atoms with van der Waals surface area (Å²) in [7, 11) is 0. The molecule has 1 amide bonds. The van der Waals surface area contributed by atoms with Gasteiger partial charge in [-0.25, -0.2) is 0 Å². The molecule has 108 valence electrons. The van der Waals surface area contributed by atoms with Crippen LogP contribution in [0.4, 0.5) is 0 Å². The highest BCUT2D eigenvalue weighted by Gasteiger charge is 2.14. The summed E-state index contributed by atoms with van der Waals surface area (Å²) in [5.74, 6) is 1.61. The Labute approximate surface area is 123 Å². The zero-order valence-corrected chi connectivity index (χ0v) is 12.1. The number of hydrogen-bond acceptors (Lipinski definition) is 2. The zero-order chi connectivity index (χ0) is 14.8. The van der Waals surface area contributed by atoms with Crippen molar-refractivity contribution < 1.29 is 9.21 Å². The molecule has 0 aliphatic carbocycles. The number of aryl methyl sites for hydroxylation is 1. The molecule has 2 N–H and O–H groups in total. The van der Waals surface area contributed by atoms with Crippen molar-refractivity contribution in [2.75, 3.05) is 0 Å². The number of hydrogen-bond donors (Lipinski definition) is 2. The second-order valence-corrected chi connectivity index (χ2v) is 5.27. The lowest BCUT2D eigenvalue weighted by atomic mass is 10.1. The number of furan rings is 1. The maximum atomic E-state index is 12.2. The average molecular weight is 282 g/mol. The molecule has 0 saturated heterocycles. The van der Waals surface area contributed by atoms with Gasteiger partial charge in [-0.2, -0.15) is 0 Å². The first kappa shape index (κ1) is 13.5. The van der Waals surface area contributed by atoms with Gasteiger partial charge in [0.25, 0.3) is 0 Å². The summed E-state index contributed by atoms with van der Waals surface area (Å²) < 4.78 is 5.53. The van der Waals surface area contributed by atoms with Gasteiger partial charge in [-0.15, -0.1) is 0 Å². The van der Waals surface area contributed by atoms with Crippen LogP contribution < -0.4 is 5.32 Å². The second-order valence-electron chi connectivity index (χ2n) is 5.27. The molecule has 0 aliphatic rings. The summed E-state index contributed by atoms with van der Waals surface area (Å²) in [5, 5.41) is 4.06. The molecule has 0 unspecified atom stereocenters. The van der Waals surface area contributed by atoms with E-state index in [1.807, 2.05) is 56.4 Å². The van der Waals surface area contributed by atoms with E-state index in [1.165, 1.54) is 0 Å². The van der Waals surface area contributed by atoms with E-state index in [4.69, 9.17) is 4.42 Å². The fraction of sp³-hybridized carbons (Fsp3) is 0.235. The SMILES string of the molecule is Cc1ccc([C@H](C)NC(=O)Cc2c[nH]c3ccccc23)o1. The number of aromatic amines is 1. The fourth-order valence-corrected chi connectivity index (χ4v) is 2.50. The van der Waals surface area contributed by atoms with Gasteiger partial charge in [-0.05, 0) is 37.6 Å². The number of para-hydroxylation sites is 1. The van der Waals surface area contributed by atoms with Crippen LogP contribution in [0.1, 0.15) is 30.0 Å². The lowest BCUT2D eigenvalue weighted by Gasteiger charge is -2.11. The van der Waals surface area contributed by atoms with Gasteiger partial charge in [-0.3, -0.25) is 4.79 Å². The monoisotopic (exact) mass is 282 g/mol. The van der Waals surface area contributed by atoms with Crippen LogP contribution in [0.25, 0.3) is 10.9 Å². The fourth-order valence-electron chi connectivity index (χ4n) is 2.50. The van der Waals surface area contributed by atoms with Crippen molar-refractivity contribution in [3.05, 3.63) is 59.7 Å². The van der Waals surface area contributed by atoms with Gasteiger partial charge in [0.1, 0.15) is 11.5 Å². The molecule has 3 aromatic rings. The third-order valence-corrected chi connectivity index (χ3v) is 3.59. The van der Waals surface area contributed by atoms with Gasteiger partial charge in [0.2, 0.25) is 5.91 Å². The van der Waals surface area contributed by atoms with Crippen LogP contribution in [0.5, 0.6) is 0 Å². The molecular weight excluding hydrogens is 264 g/mol. The molecule has 21 heavy (non-hydrogen) atoms. The Morgan fingerprint density at radius 2 is 2.10 bits per heavy atom. The summed E-state index contributed by atoms with van der Waals surface area (Å²) >= 11 is 0. The van der Waals surface area contributed by atoms with Gasteiger partial charge >= 0.3 is 0 Å². The van der Waals surface area contributed by atoms with Crippen LogP contribution in [0.2, 0.25) is 0 Å². The summed E-state index contributed by atoms with van der Waals surface area (Å²) in [6.45, 7) is 3.81. The number of carbonyl (C=O) groups excluding carboxylic acids is 1. The van der Waals surface area contributed by atoms with E-state index in [1.54, 1.807) is 0 Å². The first-order chi connectivity index (χ1) is 10.1. The van der Waals surface area contributed by atoms with Crippen molar-refractivity contribution in [2.45, 2.75) is 26.3 Å². The van der Waals surface area contributed by atoms with Crippen LogP contribution in [0.15, 0.2) is 47.0 Å². The van der Waals surface area contributed by atoms with Crippen LogP contribution >= 0.6 is 0 Å². The minimum absolute atomic E-state index is 0.0127. The topological polar surface area (TPSA) is 58.0 Å². The second kappa shape index (κ2) is 5.48. The predicted molar refractivity (Wildman–Crippen MR) is 82.0 cm³/mol. The molecule has 1 aromatic carbocycles. The van der Waals surface area contributed by atoms with Gasteiger partial charge in [0, 0.05) is 17.1 Å². The molecule has 4 heteroatoms. The highest BCUT2D eigenvalue weighted by atomic mass is 16.3. The molecule has 0 bridgehead atoms. The van der Waals surface area contributed by atoms with E-state index in [2.05, 4.69) is 10.3 Å². The van der Waals surface area contributed by atoms with Gasteiger partial charge in [0.05, 0.1) is 12.5 Å². The molecule has 2 aromatic heterocycles. The van der Waals surface area contributed by atoms with E-state index in [-0.39, 0.29) is 11.9 Å². The quantitative estimate of drug-likeness (QED) is 0.769. The maximum Gasteiger partial charge on any atom is 0.225 e. The minimum Gasteiger partial charge on any atom is -0.464 e. The molecule has 0 saturated carbocycles. The van der Waals surface area contributed by atoms with E-state index in [9.17, 15) is 4.79 Å². The molecule has 0 aliphatic heterocycles. The van der Waals surface area contributed by atoms with Crippen molar-refractivity contribution in [1.82, 2.24) is 10.3 Å². The Morgan fingerprint density at radius 1 is 1.29 bits per heavy atom. The molecular formula is C17H18N2O2. The molecule has 2 heterocycles. The summed E-state index contributed by atoms with van der Waals surface area (Å²) in [6, 6.07) is 11.6. The largest absolute Gasteiger partial charge is 0.464 e. The Morgan fingerprint density at radius 3 is 2.86 bits per heavy atom. The molecule has 4 nitrogen and oxygen atoms in total. The van der Waals surface area contributed by atoms with Gasteiger partial charge in [-0.1, -0.05) is 18.2 Å². The van der Waals surface area contributed by atoms with E-state index < -0.39 is 0 Å². The normalized spacial score (nSPS) is 12.5. The Kier molecular flexibility index (Phi) is 3.52. The van der Waals surface area contributed by atoms with Crippen LogP contribution in [-0.2, 0) is 11.2 Å². The third kappa shape index (κ3) is 2.84. The van der Waals surface area contributed by atoms with Crippen LogP contribution in [0.3, 0.4) is 0 Å². The Bertz CT molecular complexity index is 770. The number of aromatic nitrogens is 1. The Balaban J connectivity index is 1.69.